The highest BCUT2D eigenvalue weighted by molar-refractivity contribution is 5.69. The molecule has 0 saturated carbocycles. The lowest BCUT2D eigenvalue weighted by atomic mass is 10.3. The molecule has 0 aromatic carbocycles. The normalized spacial score (nSPS) is 6.64. The lowest BCUT2D eigenvalue weighted by Crippen LogP contribution is -2.02. The van der Waals surface area contributed by atoms with Gasteiger partial charge in [-0.1, -0.05) is 44.6 Å². The van der Waals surface area contributed by atoms with Crippen LogP contribution >= 0.6 is 0 Å². The molecule has 2 nitrogen and oxygen atoms in total. The first kappa shape index (κ1) is 32.4. The molecule has 0 unspecified atom stereocenters. The number of hydrogen-bond donors (Lipinski definition) is 0. The van der Waals surface area contributed by atoms with Crippen molar-refractivity contribution in [2.45, 2.75) is 67.2 Å². The van der Waals surface area contributed by atoms with Crippen LogP contribution < -0.4 is 0 Å². The summed E-state index contributed by atoms with van der Waals surface area (Å²) in [6.07, 6.45) is 10.8. The molecule has 0 aromatic heterocycles. The van der Waals surface area contributed by atoms with E-state index < -0.39 is 0 Å². The first-order valence-corrected chi connectivity index (χ1v) is 7.95. The van der Waals surface area contributed by atoms with Crippen molar-refractivity contribution in [3.63, 3.8) is 0 Å². The summed E-state index contributed by atoms with van der Waals surface area (Å²) >= 11 is 0. The minimum Gasteiger partial charge on any atom is -0.466 e. The van der Waals surface area contributed by atoms with Crippen LogP contribution in [-0.4, -0.2) is 12.6 Å². The van der Waals surface area contributed by atoms with Gasteiger partial charge in [-0.15, -0.1) is 26.3 Å². The minimum absolute atomic E-state index is 0.0700. The number of unbranched alkanes of at least 4 members (excludes halogenated alkanes) is 1. The van der Waals surface area contributed by atoms with E-state index in [1.165, 1.54) is 0 Å². The molecule has 0 saturated heterocycles. The highest BCUT2D eigenvalue weighted by atomic mass is 16.5. The molecule has 0 aliphatic heterocycles. The topological polar surface area (TPSA) is 26.3 Å². The van der Waals surface area contributed by atoms with Gasteiger partial charge in [0.05, 0.1) is 6.61 Å². The molecule has 22 heavy (non-hydrogen) atoms. The molecule has 0 bridgehead atoms. The van der Waals surface area contributed by atoms with E-state index in [-0.39, 0.29) is 5.97 Å². The molecule has 0 aromatic rings. The van der Waals surface area contributed by atoms with Gasteiger partial charge in [-0.3, -0.25) is 4.79 Å². The average Bonchev–Trinajstić information content (AvgIpc) is 2.48. The van der Waals surface area contributed by atoms with Crippen molar-refractivity contribution in [2.75, 3.05) is 6.61 Å². The summed E-state index contributed by atoms with van der Waals surface area (Å²) in [5.41, 5.74) is 0. The van der Waals surface area contributed by atoms with E-state index in [1.54, 1.807) is 18.2 Å². The van der Waals surface area contributed by atoms with Gasteiger partial charge >= 0.3 is 5.97 Å². The van der Waals surface area contributed by atoms with Gasteiger partial charge in [-0.05, 0) is 40.5 Å². The Hall–Kier alpha value is -1.57. The SMILES string of the molecule is C=CC.C=CC.C=CC.C=CCC.CCCCC(=O)OCC. The Morgan fingerprint density at radius 3 is 1.41 bits per heavy atom. The maximum absolute atomic E-state index is 10.6. The van der Waals surface area contributed by atoms with Gasteiger partial charge in [0.25, 0.3) is 0 Å². The molecule has 0 amide bonds. The summed E-state index contributed by atoms with van der Waals surface area (Å²) in [6.45, 7) is 25.7. The van der Waals surface area contributed by atoms with Gasteiger partial charge in [0.1, 0.15) is 0 Å². The molecule has 0 radical (unpaired) electrons. The molecule has 2 heteroatoms. The van der Waals surface area contributed by atoms with Crippen molar-refractivity contribution in [1.82, 2.24) is 0 Å². The second-order valence-corrected chi connectivity index (χ2v) is 3.83. The van der Waals surface area contributed by atoms with Crippen LogP contribution in [0.3, 0.4) is 0 Å². The van der Waals surface area contributed by atoms with Crippen LogP contribution in [0, 0.1) is 0 Å². The number of allylic oxidation sites excluding steroid dienone is 4. The van der Waals surface area contributed by atoms with Crippen molar-refractivity contribution >= 4 is 5.97 Å². The van der Waals surface area contributed by atoms with Gasteiger partial charge in [-0.25, -0.2) is 0 Å². The van der Waals surface area contributed by atoms with Crippen molar-refractivity contribution in [2.24, 2.45) is 0 Å². The predicted octanol–water partition coefficient (Wildman–Crippen LogP) is 6.90. The quantitative estimate of drug-likeness (QED) is 0.407. The Morgan fingerprint density at radius 2 is 1.23 bits per heavy atom. The monoisotopic (exact) mass is 312 g/mol. The third-order valence-corrected chi connectivity index (χ3v) is 1.33. The lowest BCUT2D eigenvalue weighted by molar-refractivity contribution is -0.143. The summed E-state index contributed by atoms with van der Waals surface area (Å²) < 4.78 is 4.70. The molecule has 0 heterocycles. The largest absolute Gasteiger partial charge is 0.466 e. The smallest absolute Gasteiger partial charge is 0.305 e. The van der Waals surface area contributed by atoms with Crippen molar-refractivity contribution in [1.29, 1.82) is 0 Å². The van der Waals surface area contributed by atoms with E-state index in [2.05, 4.69) is 40.2 Å². The van der Waals surface area contributed by atoms with Crippen LogP contribution in [0.5, 0.6) is 0 Å². The summed E-state index contributed by atoms with van der Waals surface area (Å²) in [7, 11) is 0. The fourth-order valence-corrected chi connectivity index (χ4v) is 0.554. The first-order valence-electron chi connectivity index (χ1n) is 7.95. The number of carbonyl (C=O) groups excluding carboxylic acids is 1. The van der Waals surface area contributed by atoms with Crippen LogP contribution in [-0.2, 0) is 9.53 Å². The number of rotatable bonds is 5. The second-order valence-electron chi connectivity index (χ2n) is 3.83. The van der Waals surface area contributed by atoms with Crippen LogP contribution in [0.1, 0.15) is 67.2 Å². The summed E-state index contributed by atoms with van der Waals surface area (Å²) in [5, 5.41) is 0. The molecular formula is C20H40O2. The Labute approximate surface area is 140 Å². The van der Waals surface area contributed by atoms with Crippen LogP contribution in [0.2, 0.25) is 0 Å². The van der Waals surface area contributed by atoms with E-state index in [0.717, 1.165) is 19.3 Å². The van der Waals surface area contributed by atoms with E-state index in [0.29, 0.717) is 13.0 Å². The Bertz CT molecular complexity index is 203. The molecule has 0 aliphatic carbocycles. The van der Waals surface area contributed by atoms with Gasteiger partial charge < -0.3 is 4.74 Å². The van der Waals surface area contributed by atoms with Gasteiger partial charge in [-0.2, -0.15) is 0 Å². The average molecular weight is 313 g/mol. The maximum atomic E-state index is 10.6. The van der Waals surface area contributed by atoms with Crippen LogP contribution in [0.4, 0.5) is 0 Å². The number of ether oxygens (including phenoxy) is 1. The lowest BCUT2D eigenvalue weighted by Gasteiger charge is -1.97. The second kappa shape index (κ2) is 50.5. The molecule has 0 fully saturated rings. The minimum atomic E-state index is -0.0700. The zero-order chi connectivity index (χ0) is 18.6. The summed E-state index contributed by atoms with van der Waals surface area (Å²) in [4.78, 5) is 10.6. The van der Waals surface area contributed by atoms with Crippen LogP contribution in [0.15, 0.2) is 50.6 Å². The highest BCUT2D eigenvalue weighted by Gasteiger charge is 1.97. The predicted molar refractivity (Wildman–Crippen MR) is 104 cm³/mol. The third kappa shape index (κ3) is 135. The molecule has 0 aliphatic rings. The zero-order valence-electron chi connectivity index (χ0n) is 16.0. The fraction of sp³-hybridized carbons (Fsp3) is 0.550. The van der Waals surface area contributed by atoms with Crippen molar-refractivity contribution in [3.8, 4) is 0 Å². The Kier molecular flexibility index (Phi) is 74.4. The van der Waals surface area contributed by atoms with Gasteiger partial charge in [0.2, 0.25) is 0 Å². The van der Waals surface area contributed by atoms with E-state index in [4.69, 9.17) is 4.74 Å². The maximum Gasteiger partial charge on any atom is 0.305 e. The molecule has 0 spiro atoms. The van der Waals surface area contributed by atoms with Gasteiger partial charge in [0.15, 0.2) is 0 Å². The molecule has 132 valence electrons. The Morgan fingerprint density at radius 1 is 0.909 bits per heavy atom. The molecule has 0 rings (SSSR count). The summed E-state index contributed by atoms with van der Waals surface area (Å²) in [5.74, 6) is -0.0700. The number of carbonyl (C=O) groups is 1. The third-order valence-electron chi connectivity index (χ3n) is 1.33. The highest BCUT2D eigenvalue weighted by Crippen LogP contribution is 1.95. The van der Waals surface area contributed by atoms with E-state index >= 15 is 0 Å². The molecule has 0 atom stereocenters. The zero-order valence-corrected chi connectivity index (χ0v) is 16.0. The molecule has 0 N–H and O–H groups in total. The first-order chi connectivity index (χ1) is 10.5. The molecular weight excluding hydrogens is 272 g/mol. The van der Waals surface area contributed by atoms with Crippen molar-refractivity contribution < 1.29 is 9.53 Å². The van der Waals surface area contributed by atoms with E-state index in [9.17, 15) is 4.79 Å². The number of hydrogen-bond acceptors (Lipinski definition) is 2. The van der Waals surface area contributed by atoms with Crippen LogP contribution in [0.25, 0.3) is 0 Å². The van der Waals surface area contributed by atoms with E-state index in [1.807, 2.05) is 33.8 Å². The number of esters is 1. The summed E-state index contributed by atoms with van der Waals surface area (Å²) in [6, 6.07) is 0. The standard InChI is InChI=1S/C7H14O2.C4H8.3C3H6/c1-3-5-6-7(8)9-4-2;1-3-4-2;3*1-3-2/h3-6H2,1-2H3;3H,1,4H2,2H3;3*3H,1H2,2H3. The Balaban J connectivity index is -0.0000000622. The fourth-order valence-electron chi connectivity index (χ4n) is 0.554. The van der Waals surface area contributed by atoms with Crippen molar-refractivity contribution in [3.05, 3.63) is 50.6 Å². The van der Waals surface area contributed by atoms with Gasteiger partial charge in [0, 0.05) is 6.42 Å².